The predicted octanol–water partition coefficient (Wildman–Crippen LogP) is -0.149. The second kappa shape index (κ2) is 6.21. The zero-order chi connectivity index (χ0) is 11.5. The van der Waals surface area contributed by atoms with Crippen molar-refractivity contribution in [3.05, 3.63) is 0 Å². The number of nitrogens with one attached hydrogen (secondary N) is 1. The molecule has 1 atom stereocenters. The molecule has 2 saturated heterocycles. The van der Waals surface area contributed by atoms with Gasteiger partial charge in [-0.1, -0.05) is 0 Å². The van der Waals surface area contributed by atoms with Crippen LogP contribution in [0.1, 0.15) is 19.8 Å². The summed E-state index contributed by atoms with van der Waals surface area (Å²) in [5, 5.41) is 3.22. The second-order valence-electron chi connectivity index (χ2n) is 4.48. The van der Waals surface area contributed by atoms with Crippen molar-refractivity contribution >= 4 is 24.2 Å². The Morgan fingerprint density at radius 2 is 1.71 bits per heavy atom. The van der Waals surface area contributed by atoms with E-state index in [1.54, 1.807) is 11.8 Å². The van der Waals surface area contributed by atoms with Gasteiger partial charge in [-0.3, -0.25) is 9.59 Å². The Labute approximate surface area is 108 Å². The van der Waals surface area contributed by atoms with Crippen LogP contribution in [-0.2, 0) is 9.59 Å². The predicted molar refractivity (Wildman–Crippen MR) is 67.1 cm³/mol. The van der Waals surface area contributed by atoms with Crippen LogP contribution in [-0.4, -0.2) is 60.4 Å². The lowest BCUT2D eigenvalue weighted by Crippen LogP contribution is -2.53. The molecule has 6 heteroatoms. The molecule has 2 aliphatic rings. The van der Waals surface area contributed by atoms with Crippen LogP contribution in [0, 0.1) is 0 Å². The standard InChI is InChI=1S/C11H19N3O2.ClH/c1-9(15)13-5-7-14(8-6-13)11(16)10-3-2-4-12-10;/h10,12H,2-8H2,1H3;1H/t10-;/m0./s1. The Hall–Kier alpha value is -0.810. The SMILES string of the molecule is CC(=O)N1CCN(C(=O)[C@@H]2CCCN2)CC1.Cl. The van der Waals surface area contributed by atoms with Crippen molar-refractivity contribution < 1.29 is 9.59 Å². The minimum absolute atomic E-state index is 0. The number of amides is 2. The third-order valence-corrected chi connectivity index (χ3v) is 3.40. The van der Waals surface area contributed by atoms with Crippen molar-refractivity contribution in [1.29, 1.82) is 0 Å². The molecule has 5 nitrogen and oxygen atoms in total. The molecular weight excluding hydrogens is 242 g/mol. The van der Waals surface area contributed by atoms with Crippen molar-refractivity contribution in [3.8, 4) is 0 Å². The topological polar surface area (TPSA) is 52.7 Å². The summed E-state index contributed by atoms with van der Waals surface area (Å²) in [6.07, 6.45) is 2.04. The van der Waals surface area contributed by atoms with Gasteiger partial charge in [0.25, 0.3) is 0 Å². The van der Waals surface area contributed by atoms with Gasteiger partial charge < -0.3 is 15.1 Å². The number of piperazine rings is 1. The number of carbonyl (C=O) groups excluding carboxylic acids is 2. The molecule has 2 heterocycles. The zero-order valence-corrected chi connectivity index (χ0v) is 11.0. The molecule has 17 heavy (non-hydrogen) atoms. The minimum atomic E-state index is 0. The first kappa shape index (κ1) is 14.3. The highest BCUT2D eigenvalue weighted by Gasteiger charge is 2.29. The van der Waals surface area contributed by atoms with Gasteiger partial charge in [-0.25, -0.2) is 0 Å². The van der Waals surface area contributed by atoms with Gasteiger partial charge in [0.2, 0.25) is 11.8 Å². The first-order valence-corrected chi connectivity index (χ1v) is 5.96. The van der Waals surface area contributed by atoms with Crippen LogP contribution >= 0.6 is 12.4 Å². The molecule has 0 radical (unpaired) electrons. The van der Waals surface area contributed by atoms with Crippen molar-refractivity contribution in [2.45, 2.75) is 25.8 Å². The molecule has 98 valence electrons. The van der Waals surface area contributed by atoms with Crippen molar-refractivity contribution in [2.24, 2.45) is 0 Å². The highest BCUT2D eigenvalue weighted by molar-refractivity contribution is 5.85. The van der Waals surface area contributed by atoms with Crippen LogP contribution in [0.3, 0.4) is 0 Å². The molecule has 1 N–H and O–H groups in total. The van der Waals surface area contributed by atoms with E-state index in [2.05, 4.69) is 5.32 Å². The number of rotatable bonds is 1. The lowest BCUT2D eigenvalue weighted by Gasteiger charge is -2.35. The summed E-state index contributed by atoms with van der Waals surface area (Å²) in [4.78, 5) is 26.9. The highest BCUT2D eigenvalue weighted by Crippen LogP contribution is 2.10. The molecule has 2 rings (SSSR count). The van der Waals surface area contributed by atoms with E-state index in [1.807, 2.05) is 4.90 Å². The fourth-order valence-corrected chi connectivity index (χ4v) is 2.36. The largest absolute Gasteiger partial charge is 0.339 e. The molecule has 0 saturated carbocycles. The molecular formula is C11H20ClN3O2. The molecule has 0 unspecified atom stereocenters. The zero-order valence-electron chi connectivity index (χ0n) is 10.1. The van der Waals surface area contributed by atoms with E-state index in [-0.39, 0.29) is 30.3 Å². The number of halogens is 1. The Morgan fingerprint density at radius 3 is 2.18 bits per heavy atom. The summed E-state index contributed by atoms with van der Waals surface area (Å²) >= 11 is 0. The number of carbonyl (C=O) groups is 2. The van der Waals surface area contributed by atoms with Gasteiger partial charge in [-0.05, 0) is 19.4 Å². The Balaban J connectivity index is 0.00000144. The first-order chi connectivity index (χ1) is 7.68. The number of nitrogens with zero attached hydrogens (tertiary/aromatic N) is 2. The molecule has 2 fully saturated rings. The second-order valence-corrected chi connectivity index (χ2v) is 4.48. The molecule has 0 spiro atoms. The average molecular weight is 262 g/mol. The fourth-order valence-electron chi connectivity index (χ4n) is 2.36. The van der Waals surface area contributed by atoms with Gasteiger partial charge in [0, 0.05) is 33.1 Å². The van der Waals surface area contributed by atoms with Crippen LogP contribution in [0.4, 0.5) is 0 Å². The van der Waals surface area contributed by atoms with Crippen LogP contribution in [0.2, 0.25) is 0 Å². The van der Waals surface area contributed by atoms with Crippen LogP contribution < -0.4 is 5.32 Å². The Kier molecular flexibility index (Phi) is 5.21. The van der Waals surface area contributed by atoms with E-state index in [4.69, 9.17) is 0 Å². The fraction of sp³-hybridized carbons (Fsp3) is 0.818. The number of hydrogen-bond acceptors (Lipinski definition) is 3. The van der Waals surface area contributed by atoms with E-state index in [0.29, 0.717) is 26.2 Å². The Morgan fingerprint density at radius 1 is 1.12 bits per heavy atom. The minimum Gasteiger partial charge on any atom is -0.339 e. The number of hydrogen-bond donors (Lipinski definition) is 1. The van der Waals surface area contributed by atoms with Gasteiger partial charge in [-0.2, -0.15) is 0 Å². The third kappa shape index (κ3) is 3.33. The lowest BCUT2D eigenvalue weighted by atomic mass is 10.2. The van der Waals surface area contributed by atoms with Crippen LogP contribution in [0.25, 0.3) is 0 Å². The van der Waals surface area contributed by atoms with Crippen molar-refractivity contribution in [2.75, 3.05) is 32.7 Å². The summed E-state index contributed by atoms with van der Waals surface area (Å²) in [5.74, 6) is 0.312. The molecule has 0 aromatic carbocycles. The van der Waals surface area contributed by atoms with Crippen molar-refractivity contribution in [1.82, 2.24) is 15.1 Å². The Bertz CT molecular complexity index is 284. The summed E-state index contributed by atoms with van der Waals surface area (Å²) in [7, 11) is 0. The van der Waals surface area contributed by atoms with E-state index in [1.165, 1.54) is 0 Å². The maximum atomic E-state index is 12.0. The third-order valence-electron chi connectivity index (χ3n) is 3.40. The lowest BCUT2D eigenvalue weighted by molar-refractivity contribution is -0.139. The molecule has 0 aromatic heterocycles. The maximum Gasteiger partial charge on any atom is 0.239 e. The van der Waals surface area contributed by atoms with Crippen LogP contribution in [0.5, 0.6) is 0 Å². The molecule has 2 aliphatic heterocycles. The molecule has 0 bridgehead atoms. The summed E-state index contributed by atoms with van der Waals surface area (Å²) in [6.45, 7) is 5.23. The smallest absolute Gasteiger partial charge is 0.239 e. The maximum absolute atomic E-state index is 12.0. The quantitative estimate of drug-likeness (QED) is 0.714. The van der Waals surface area contributed by atoms with Gasteiger partial charge >= 0.3 is 0 Å². The molecule has 0 aromatic rings. The monoisotopic (exact) mass is 261 g/mol. The summed E-state index contributed by atoms with van der Waals surface area (Å²) in [6, 6.07) is 0.0175. The van der Waals surface area contributed by atoms with E-state index in [9.17, 15) is 9.59 Å². The first-order valence-electron chi connectivity index (χ1n) is 5.96. The van der Waals surface area contributed by atoms with Gasteiger partial charge in [0.15, 0.2) is 0 Å². The highest BCUT2D eigenvalue weighted by atomic mass is 35.5. The average Bonchev–Trinajstić information content (AvgIpc) is 2.81. The summed E-state index contributed by atoms with van der Waals surface area (Å²) < 4.78 is 0. The van der Waals surface area contributed by atoms with Gasteiger partial charge in [0.05, 0.1) is 6.04 Å². The van der Waals surface area contributed by atoms with E-state index in [0.717, 1.165) is 19.4 Å². The summed E-state index contributed by atoms with van der Waals surface area (Å²) in [5.41, 5.74) is 0. The van der Waals surface area contributed by atoms with E-state index >= 15 is 0 Å². The normalized spacial score (nSPS) is 24.4. The molecule has 0 aliphatic carbocycles. The van der Waals surface area contributed by atoms with Crippen LogP contribution in [0.15, 0.2) is 0 Å². The van der Waals surface area contributed by atoms with Crippen molar-refractivity contribution in [3.63, 3.8) is 0 Å². The van der Waals surface area contributed by atoms with Gasteiger partial charge in [-0.15, -0.1) is 12.4 Å². The molecule has 2 amide bonds. The van der Waals surface area contributed by atoms with Gasteiger partial charge in [0.1, 0.15) is 0 Å². The van der Waals surface area contributed by atoms with E-state index < -0.39 is 0 Å².